The van der Waals surface area contributed by atoms with Gasteiger partial charge in [0.2, 0.25) is 5.91 Å². The fraction of sp³-hybridized carbons (Fsp3) is 0.296. The van der Waals surface area contributed by atoms with Crippen LogP contribution >= 0.6 is 27.5 Å². The number of ether oxygens (including phenoxy) is 1. The first-order valence-corrected chi connectivity index (χ1v) is 11.5. The molecule has 1 N–H and O–H groups in total. The van der Waals surface area contributed by atoms with Gasteiger partial charge in [-0.2, -0.15) is 0 Å². The average Bonchev–Trinajstić information content (AvgIpc) is 2.85. The number of likely N-dealkylation sites (N-methyl/N-ethyl adjacent to an activating group) is 1. The molecule has 0 fully saturated rings. The number of allylic oxidation sites excluding steroid dienone is 2. The van der Waals surface area contributed by atoms with Gasteiger partial charge in [-0.25, -0.2) is 0 Å². The molecule has 0 aliphatic rings. The molecule has 1 unspecified atom stereocenters. The van der Waals surface area contributed by atoms with Crippen molar-refractivity contribution in [3.05, 3.63) is 86.9 Å². The van der Waals surface area contributed by atoms with E-state index in [0.717, 1.165) is 33.7 Å². The van der Waals surface area contributed by atoms with Crippen LogP contribution < -0.4 is 10.1 Å². The fourth-order valence-electron chi connectivity index (χ4n) is 2.90. The molecule has 0 aliphatic carbocycles. The summed E-state index contributed by atoms with van der Waals surface area (Å²) in [5.41, 5.74) is 4.30. The van der Waals surface area contributed by atoms with E-state index in [1.165, 1.54) is 16.7 Å². The van der Waals surface area contributed by atoms with Crippen molar-refractivity contribution < 1.29 is 19.1 Å². The van der Waals surface area contributed by atoms with Crippen molar-refractivity contribution in [1.82, 2.24) is 5.32 Å². The van der Waals surface area contributed by atoms with E-state index in [-0.39, 0.29) is 11.8 Å². The van der Waals surface area contributed by atoms with Gasteiger partial charge in [-0.3, -0.25) is 4.79 Å². The molecule has 0 heterocycles. The van der Waals surface area contributed by atoms with Crippen LogP contribution in [0.4, 0.5) is 0 Å². The quantitative estimate of drug-likeness (QED) is 0.315. The highest BCUT2D eigenvalue weighted by Crippen LogP contribution is 2.21. The third kappa shape index (κ3) is 13.8. The fourth-order valence-corrected chi connectivity index (χ4v) is 3.46. The predicted octanol–water partition coefficient (Wildman–Crippen LogP) is 6.47. The number of benzene rings is 2. The number of carbonyl (C=O) groups is 3. The molecule has 186 valence electrons. The molecular formula is C27H35BrClNO4. The summed E-state index contributed by atoms with van der Waals surface area (Å²) in [4.78, 5) is 27.5. The highest BCUT2D eigenvalue weighted by molar-refractivity contribution is 9.10. The largest absolute Gasteiger partial charge is 0.497 e. The summed E-state index contributed by atoms with van der Waals surface area (Å²) in [6, 6.07) is 12.0. The number of hydrogen-bond acceptors (Lipinski definition) is 4. The van der Waals surface area contributed by atoms with Gasteiger partial charge in [0.15, 0.2) is 0 Å². The lowest BCUT2D eigenvalue weighted by molar-refractivity contribution is -0.117. The lowest BCUT2D eigenvalue weighted by Gasteiger charge is -2.10. The first-order valence-electron chi connectivity index (χ1n) is 10.4. The van der Waals surface area contributed by atoms with Gasteiger partial charge in [-0.15, -0.1) is 6.58 Å². The molecule has 34 heavy (non-hydrogen) atoms. The Morgan fingerprint density at radius 3 is 2.24 bits per heavy atom. The van der Waals surface area contributed by atoms with Crippen molar-refractivity contribution in [3.8, 4) is 5.75 Å². The van der Waals surface area contributed by atoms with Gasteiger partial charge in [-0.05, 0) is 86.6 Å². The van der Waals surface area contributed by atoms with Crippen LogP contribution in [0.15, 0.2) is 65.2 Å². The van der Waals surface area contributed by atoms with Crippen LogP contribution in [0.25, 0.3) is 0 Å². The number of rotatable bonds is 7. The molecule has 0 saturated heterocycles. The predicted molar refractivity (Wildman–Crippen MR) is 146 cm³/mol. The van der Waals surface area contributed by atoms with Crippen molar-refractivity contribution >= 4 is 47.0 Å². The van der Waals surface area contributed by atoms with Crippen LogP contribution in [0.2, 0.25) is 5.02 Å². The number of amides is 1. The van der Waals surface area contributed by atoms with Crippen molar-refractivity contribution in [2.45, 2.75) is 33.6 Å². The SMILES string of the molecule is C=CC(/C=C(\C)C(=O)NC)CCc1cc(C)cc(Cl)c1.C=O.C=O.COc1ccc(Br)c(C)c1. The van der Waals surface area contributed by atoms with Gasteiger partial charge in [0.25, 0.3) is 0 Å². The Hall–Kier alpha value is -2.70. The zero-order chi connectivity index (χ0) is 26.7. The first kappa shape index (κ1) is 33.5. The summed E-state index contributed by atoms with van der Waals surface area (Å²) in [7, 11) is 3.31. The summed E-state index contributed by atoms with van der Waals surface area (Å²) >= 11 is 9.46. The van der Waals surface area contributed by atoms with Crippen LogP contribution in [-0.2, 0) is 20.8 Å². The molecular weight excluding hydrogens is 518 g/mol. The standard InChI is InChI=1S/C17H22ClNO.C8H9BrO.2CH2O/c1-5-14(10-13(3)17(20)19-4)6-7-15-8-12(2)9-16(18)11-15;1-6-5-7(10-2)3-4-8(6)9;2*1-2/h5,8-11,14H,1,6-7H2,2-4H3,(H,19,20);3-5H,1-2H3;2*1H2/b13-10+;;;. The Morgan fingerprint density at radius 1 is 1.15 bits per heavy atom. The van der Waals surface area contributed by atoms with E-state index in [2.05, 4.69) is 33.9 Å². The molecule has 0 aliphatic heterocycles. The lowest BCUT2D eigenvalue weighted by atomic mass is 9.96. The second-order valence-corrected chi connectivity index (χ2v) is 8.41. The first-order chi connectivity index (χ1) is 16.2. The van der Waals surface area contributed by atoms with Gasteiger partial charge in [0.1, 0.15) is 19.3 Å². The summed E-state index contributed by atoms with van der Waals surface area (Å²) in [5, 5.41) is 3.39. The molecule has 2 aromatic rings. The number of hydrogen-bond donors (Lipinski definition) is 1. The monoisotopic (exact) mass is 551 g/mol. The van der Waals surface area contributed by atoms with Gasteiger partial charge in [0, 0.05) is 22.1 Å². The van der Waals surface area contributed by atoms with Crippen LogP contribution in [-0.4, -0.2) is 33.6 Å². The Morgan fingerprint density at radius 2 is 1.76 bits per heavy atom. The van der Waals surface area contributed by atoms with Crippen molar-refractivity contribution in [2.24, 2.45) is 5.92 Å². The molecule has 1 atom stereocenters. The Labute approximate surface area is 217 Å². The van der Waals surface area contributed by atoms with E-state index in [1.807, 2.05) is 76.8 Å². The lowest BCUT2D eigenvalue weighted by Crippen LogP contribution is -2.19. The zero-order valence-electron chi connectivity index (χ0n) is 20.6. The molecule has 0 saturated carbocycles. The second-order valence-electron chi connectivity index (χ2n) is 7.12. The summed E-state index contributed by atoms with van der Waals surface area (Å²) in [6.45, 7) is 13.7. The topological polar surface area (TPSA) is 72.5 Å². The van der Waals surface area contributed by atoms with Crippen LogP contribution in [0.3, 0.4) is 0 Å². The van der Waals surface area contributed by atoms with E-state index in [1.54, 1.807) is 14.2 Å². The minimum Gasteiger partial charge on any atom is -0.497 e. The Bertz CT molecular complexity index is 909. The van der Waals surface area contributed by atoms with Crippen LogP contribution in [0.1, 0.15) is 30.0 Å². The molecule has 2 aromatic carbocycles. The van der Waals surface area contributed by atoms with E-state index < -0.39 is 0 Å². The second kappa shape index (κ2) is 19.7. The summed E-state index contributed by atoms with van der Waals surface area (Å²) < 4.78 is 6.15. The molecule has 2 rings (SSSR count). The third-order valence-electron chi connectivity index (χ3n) is 4.59. The summed E-state index contributed by atoms with van der Waals surface area (Å²) in [6.07, 6.45) is 5.67. The molecule has 0 aromatic heterocycles. The van der Waals surface area contributed by atoms with Gasteiger partial charge < -0.3 is 19.6 Å². The Balaban J connectivity index is 0. The number of carbonyl (C=O) groups excluding carboxylic acids is 3. The molecule has 0 bridgehead atoms. The van der Waals surface area contributed by atoms with Gasteiger partial charge >= 0.3 is 0 Å². The van der Waals surface area contributed by atoms with E-state index in [4.69, 9.17) is 25.9 Å². The zero-order valence-corrected chi connectivity index (χ0v) is 23.0. The minimum atomic E-state index is -0.0459. The third-order valence-corrected chi connectivity index (χ3v) is 5.69. The highest BCUT2D eigenvalue weighted by atomic mass is 79.9. The number of methoxy groups -OCH3 is 1. The van der Waals surface area contributed by atoms with E-state index >= 15 is 0 Å². The minimum absolute atomic E-state index is 0.0459. The number of halogens is 2. The van der Waals surface area contributed by atoms with Crippen molar-refractivity contribution in [2.75, 3.05) is 14.2 Å². The highest BCUT2D eigenvalue weighted by Gasteiger charge is 2.07. The van der Waals surface area contributed by atoms with E-state index in [9.17, 15) is 4.79 Å². The molecule has 0 spiro atoms. The maximum Gasteiger partial charge on any atom is 0.246 e. The van der Waals surface area contributed by atoms with Crippen molar-refractivity contribution in [3.63, 3.8) is 0 Å². The molecule has 7 heteroatoms. The van der Waals surface area contributed by atoms with Crippen molar-refractivity contribution in [1.29, 1.82) is 0 Å². The molecule has 0 radical (unpaired) electrons. The van der Waals surface area contributed by atoms with Crippen LogP contribution in [0, 0.1) is 19.8 Å². The smallest absolute Gasteiger partial charge is 0.246 e. The number of aryl methyl sites for hydroxylation is 3. The van der Waals surface area contributed by atoms with Gasteiger partial charge in [-0.1, -0.05) is 45.7 Å². The maximum atomic E-state index is 11.5. The molecule has 5 nitrogen and oxygen atoms in total. The normalized spacial score (nSPS) is 10.6. The molecule has 1 amide bonds. The van der Waals surface area contributed by atoms with E-state index in [0.29, 0.717) is 0 Å². The van der Waals surface area contributed by atoms with Crippen LogP contribution in [0.5, 0.6) is 5.75 Å². The maximum absolute atomic E-state index is 11.5. The summed E-state index contributed by atoms with van der Waals surface area (Å²) in [5.74, 6) is 1.04. The Kier molecular flexibility index (Phi) is 19.4. The number of nitrogens with one attached hydrogen (secondary N) is 1. The van der Waals surface area contributed by atoms with Gasteiger partial charge in [0.05, 0.1) is 7.11 Å². The average molecular weight is 553 g/mol.